The lowest BCUT2D eigenvalue weighted by atomic mass is 10.2. The maximum absolute atomic E-state index is 6.02. The molecule has 1 aromatic heterocycles. The minimum atomic E-state index is 0.443. The molecular weight excluding hydrogens is 254 g/mol. The molecule has 1 aromatic carbocycles. The smallest absolute Gasteiger partial charge is 0.162 e. The van der Waals surface area contributed by atoms with E-state index in [0.717, 1.165) is 0 Å². The van der Waals surface area contributed by atoms with Gasteiger partial charge in [0.1, 0.15) is 0 Å². The highest BCUT2D eigenvalue weighted by atomic mass is 35.5. The molecule has 0 fully saturated rings. The van der Waals surface area contributed by atoms with E-state index < -0.39 is 0 Å². The normalized spacial score (nSPS) is 10.3. The zero-order valence-corrected chi connectivity index (χ0v) is 9.68. The molecule has 0 atom stereocenters. The highest BCUT2D eigenvalue weighted by Crippen LogP contribution is 2.34. The van der Waals surface area contributed by atoms with E-state index in [-0.39, 0.29) is 0 Å². The first kappa shape index (κ1) is 10.7. The molecule has 0 amide bonds. The van der Waals surface area contributed by atoms with Crippen LogP contribution in [0.2, 0.25) is 15.1 Å². The van der Waals surface area contributed by atoms with E-state index >= 15 is 0 Å². The standard InChI is InChI=1S/C10H5Cl3N2/c11-6-4-7(12)9(8(13)5-6)10-14-2-1-3-15-10/h1-5H. The Morgan fingerprint density at radius 1 is 0.867 bits per heavy atom. The van der Waals surface area contributed by atoms with Crippen LogP contribution in [0.1, 0.15) is 0 Å². The zero-order valence-electron chi connectivity index (χ0n) is 7.42. The lowest BCUT2D eigenvalue weighted by molar-refractivity contribution is 1.18. The Morgan fingerprint density at radius 3 is 1.93 bits per heavy atom. The Morgan fingerprint density at radius 2 is 1.40 bits per heavy atom. The van der Waals surface area contributed by atoms with Gasteiger partial charge in [0.05, 0.1) is 15.6 Å². The van der Waals surface area contributed by atoms with Crippen LogP contribution < -0.4 is 0 Å². The molecule has 0 unspecified atom stereocenters. The van der Waals surface area contributed by atoms with Crippen molar-refractivity contribution in [3.05, 3.63) is 45.7 Å². The predicted molar refractivity (Wildman–Crippen MR) is 62.5 cm³/mol. The maximum Gasteiger partial charge on any atom is 0.162 e. The van der Waals surface area contributed by atoms with E-state index in [2.05, 4.69) is 9.97 Å². The van der Waals surface area contributed by atoms with Gasteiger partial charge in [-0.3, -0.25) is 0 Å². The van der Waals surface area contributed by atoms with E-state index in [4.69, 9.17) is 34.8 Å². The van der Waals surface area contributed by atoms with Crippen molar-refractivity contribution >= 4 is 34.8 Å². The minimum absolute atomic E-state index is 0.443. The Balaban J connectivity index is 2.64. The van der Waals surface area contributed by atoms with Crippen molar-refractivity contribution in [1.29, 1.82) is 0 Å². The van der Waals surface area contributed by atoms with E-state index in [1.54, 1.807) is 30.6 Å². The van der Waals surface area contributed by atoms with Crippen molar-refractivity contribution in [1.82, 2.24) is 9.97 Å². The first-order valence-electron chi connectivity index (χ1n) is 4.10. The van der Waals surface area contributed by atoms with Gasteiger partial charge in [0.25, 0.3) is 0 Å². The molecule has 1 heterocycles. The molecule has 0 aliphatic rings. The second kappa shape index (κ2) is 4.35. The van der Waals surface area contributed by atoms with Crippen LogP contribution in [0.15, 0.2) is 30.6 Å². The van der Waals surface area contributed by atoms with Crippen molar-refractivity contribution < 1.29 is 0 Å². The number of aromatic nitrogens is 2. The van der Waals surface area contributed by atoms with Crippen LogP contribution in [-0.2, 0) is 0 Å². The molecule has 0 saturated carbocycles. The summed E-state index contributed by atoms with van der Waals surface area (Å²) in [5.41, 5.74) is 0.600. The molecule has 0 aliphatic heterocycles. The highest BCUT2D eigenvalue weighted by Gasteiger charge is 2.11. The molecular formula is C10H5Cl3N2. The Bertz CT molecular complexity index is 462. The van der Waals surface area contributed by atoms with Crippen molar-refractivity contribution in [2.24, 2.45) is 0 Å². The van der Waals surface area contributed by atoms with Crippen LogP contribution in [0.3, 0.4) is 0 Å². The maximum atomic E-state index is 6.02. The number of hydrogen-bond donors (Lipinski definition) is 0. The third kappa shape index (κ3) is 2.23. The SMILES string of the molecule is Clc1cc(Cl)c(-c2ncccn2)c(Cl)c1. The van der Waals surface area contributed by atoms with Crippen molar-refractivity contribution in [3.63, 3.8) is 0 Å². The average molecular weight is 260 g/mol. The molecule has 0 radical (unpaired) electrons. The summed E-state index contributed by atoms with van der Waals surface area (Å²) in [6, 6.07) is 4.95. The molecule has 0 spiro atoms. The summed E-state index contributed by atoms with van der Waals surface area (Å²) in [5.74, 6) is 0.490. The number of hydrogen-bond acceptors (Lipinski definition) is 2. The zero-order chi connectivity index (χ0) is 10.8. The molecule has 2 nitrogen and oxygen atoms in total. The monoisotopic (exact) mass is 258 g/mol. The van der Waals surface area contributed by atoms with Crippen LogP contribution in [0.4, 0.5) is 0 Å². The predicted octanol–water partition coefficient (Wildman–Crippen LogP) is 4.10. The second-order valence-corrected chi connectivity index (χ2v) is 4.07. The molecule has 2 rings (SSSR count). The summed E-state index contributed by atoms with van der Waals surface area (Å²) in [6.07, 6.45) is 3.26. The average Bonchev–Trinajstić information content (AvgIpc) is 2.17. The Kier molecular flexibility index (Phi) is 3.10. The first-order valence-corrected chi connectivity index (χ1v) is 5.24. The lowest BCUT2D eigenvalue weighted by Crippen LogP contribution is -1.89. The Hall–Kier alpha value is -0.830. The molecule has 76 valence electrons. The van der Waals surface area contributed by atoms with Gasteiger partial charge in [-0.15, -0.1) is 0 Å². The molecule has 0 saturated heterocycles. The molecule has 0 bridgehead atoms. The molecule has 15 heavy (non-hydrogen) atoms. The highest BCUT2D eigenvalue weighted by molar-refractivity contribution is 6.41. The fraction of sp³-hybridized carbons (Fsp3) is 0. The van der Waals surface area contributed by atoms with Crippen molar-refractivity contribution in [2.75, 3.05) is 0 Å². The Labute approximate surface area is 102 Å². The molecule has 5 heteroatoms. The second-order valence-electron chi connectivity index (χ2n) is 2.82. The van der Waals surface area contributed by atoms with Crippen molar-refractivity contribution in [2.45, 2.75) is 0 Å². The van der Waals surface area contributed by atoms with Crippen LogP contribution in [0.25, 0.3) is 11.4 Å². The topological polar surface area (TPSA) is 25.8 Å². The van der Waals surface area contributed by atoms with Gasteiger partial charge in [-0.25, -0.2) is 9.97 Å². The minimum Gasteiger partial charge on any atom is -0.236 e. The first-order chi connectivity index (χ1) is 7.18. The summed E-state index contributed by atoms with van der Waals surface area (Å²) in [7, 11) is 0. The van der Waals surface area contributed by atoms with Gasteiger partial charge in [-0.05, 0) is 18.2 Å². The van der Waals surface area contributed by atoms with E-state index in [9.17, 15) is 0 Å². The summed E-state index contributed by atoms with van der Waals surface area (Å²) >= 11 is 17.8. The molecule has 2 aromatic rings. The summed E-state index contributed by atoms with van der Waals surface area (Å²) in [6.45, 7) is 0. The van der Waals surface area contributed by atoms with Gasteiger partial charge in [0.15, 0.2) is 5.82 Å². The summed E-state index contributed by atoms with van der Waals surface area (Å²) < 4.78 is 0. The molecule has 0 aliphatic carbocycles. The lowest BCUT2D eigenvalue weighted by Gasteiger charge is -2.05. The number of halogens is 3. The largest absolute Gasteiger partial charge is 0.236 e. The van der Waals surface area contributed by atoms with Crippen molar-refractivity contribution in [3.8, 4) is 11.4 Å². The van der Waals surface area contributed by atoms with E-state index in [1.807, 2.05) is 0 Å². The number of nitrogens with zero attached hydrogens (tertiary/aromatic N) is 2. The van der Waals surface area contributed by atoms with Crippen LogP contribution in [0.5, 0.6) is 0 Å². The third-order valence-electron chi connectivity index (χ3n) is 1.80. The quantitative estimate of drug-likeness (QED) is 0.770. The van der Waals surface area contributed by atoms with E-state index in [1.165, 1.54) is 0 Å². The van der Waals surface area contributed by atoms with Gasteiger partial charge in [0.2, 0.25) is 0 Å². The van der Waals surface area contributed by atoms with Crippen LogP contribution in [0, 0.1) is 0 Å². The number of benzene rings is 1. The third-order valence-corrected chi connectivity index (χ3v) is 2.61. The fourth-order valence-electron chi connectivity index (χ4n) is 1.18. The molecule has 0 N–H and O–H groups in total. The number of rotatable bonds is 1. The van der Waals surface area contributed by atoms with Crippen LogP contribution >= 0.6 is 34.8 Å². The summed E-state index contributed by atoms with van der Waals surface area (Å²) in [4.78, 5) is 8.15. The van der Waals surface area contributed by atoms with Crippen LogP contribution in [-0.4, -0.2) is 9.97 Å². The van der Waals surface area contributed by atoms with Gasteiger partial charge >= 0.3 is 0 Å². The van der Waals surface area contributed by atoms with Gasteiger partial charge < -0.3 is 0 Å². The summed E-state index contributed by atoms with van der Waals surface area (Å²) in [5, 5.41) is 1.38. The van der Waals surface area contributed by atoms with E-state index in [0.29, 0.717) is 26.5 Å². The van der Waals surface area contributed by atoms with Gasteiger partial charge in [0, 0.05) is 17.4 Å². The van der Waals surface area contributed by atoms with Gasteiger partial charge in [-0.2, -0.15) is 0 Å². The fourth-order valence-corrected chi connectivity index (χ4v) is 2.17. The van der Waals surface area contributed by atoms with Gasteiger partial charge in [-0.1, -0.05) is 34.8 Å².